The van der Waals surface area contributed by atoms with Crippen LogP contribution in [0.5, 0.6) is 0 Å². The third-order valence-electron chi connectivity index (χ3n) is 17.0. The van der Waals surface area contributed by atoms with Crippen LogP contribution in [-0.2, 0) is 22.4 Å². The van der Waals surface area contributed by atoms with E-state index in [0.717, 1.165) is 16.8 Å². The first kappa shape index (κ1) is 46.9. The van der Waals surface area contributed by atoms with E-state index in [4.69, 9.17) is 42.9 Å². The van der Waals surface area contributed by atoms with E-state index in [1.165, 1.54) is 57.6 Å². The lowest BCUT2D eigenvalue weighted by molar-refractivity contribution is -0.150. The van der Waals surface area contributed by atoms with Gasteiger partial charge in [0.15, 0.2) is 52.3 Å². The number of pyridine rings is 2. The number of hydrogen-bond acceptors (Lipinski definition) is 11. The number of H-pyrrole nitrogens is 2. The molecule has 1 saturated heterocycles. The minimum absolute atomic E-state index is 0.00375. The van der Waals surface area contributed by atoms with E-state index < -0.39 is 17.9 Å². The number of nitrogens with one attached hydrogen (secondary N) is 2. The van der Waals surface area contributed by atoms with E-state index in [0.29, 0.717) is 127 Å². The summed E-state index contributed by atoms with van der Waals surface area (Å²) in [6.07, 6.45) is 15.0. The van der Waals surface area contributed by atoms with Gasteiger partial charge in [-0.2, -0.15) is 10.2 Å². The fourth-order valence-corrected chi connectivity index (χ4v) is 13.4. The van der Waals surface area contributed by atoms with E-state index >= 15 is 8.78 Å². The number of aromatic nitrogens is 11. The van der Waals surface area contributed by atoms with Crippen LogP contribution in [0.3, 0.4) is 0 Å². The summed E-state index contributed by atoms with van der Waals surface area (Å²) in [5.74, 6) is 3.61. The lowest BCUT2D eigenvalue weighted by Gasteiger charge is -2.47. The van der Waals surface area contributed by atoms with Crippen LogP contribution in [0, 0.1) is 59.0 Å². The van der Waals surface area contributed by atoms with Gasteiger partial charge in [-0.15, -0.1) is 0 Å². The normalized spacial score (nSPS) is 25.9. The number of carboxylic acid groups (broad SMARTS) is 1. The molecule has 15 nitrogen and oxygen atoms in total. The molecule has 1 unspecified atom stereocenters. The summed E-state index contributed by atoms with van der Waals surface area (Å²) in [7, 11) is 0. The van der Waals surface area contributed by atoms with Crippen molar-refractivity contribution >= 4 is 68.0 Å². The summed E-state index contributed by atoms with van der Waals surface area (Å²) < 4.78 is 39.6. The van der Waals surface area contributed by atoms with Gasteiger partial charge in [-0.1, -0.05) is 55.2 Å². The third-order valence-corrected chi connectivity index (χ3v) is 17.4. The summed E-state index contributed by atoms with van der Waals surface area (Å²) in [6.45, 7) is 5.14. The van der Waals surface area contributed by atoms with Crippen LogP contribution in [0.1, 0.15) is 76.6 Å². The number of rotatable bonds is 9. The number of carboxylic acids is 1. The number of aromatic amines is 2. The zero-order valence-electron chi connectivity index (χ0n) is 39.9. The van der Waals surface area contributed by atoms with Crippen LogP contribution in [0.25, 0.3) is 61.8 Å². The van der Waals surface area contributed by atoms with Crippen molar-refractivity contribution in [3.8, 4) is 28.9 Å². The number of halogens is 4. The monoisotopic (exact) mass is 1010 g/mol. The molecule has 1 aliphatic heterocycles. The Hall–Kier alpha value is -6.17. The van der Waals surface area contributed by atoms with Crippen molar-refractivity contribution in [2.24, 2.45) is 47.3 Å². The molecule has 6 saturated carbocycles. The van der Waals surface area contributed by atoms with Crippen LogP contribution < -0.4 is 4.90 Å². The van der Waals surface area contributed by atoms with Gasteiger partial charge in [0.05, 0.1) is 50.9 Å². The number of aliphatic carboxylic acids is 1. The fourth-order valence-electron chi connectivity index (χ4n) is 13.1. The van der Waals surface area contributed by atoms with Gasteiger partial charge < -0.3 is 14.7 Å². The summed E-state index contributed by atoms with van der Waals surface area (Å²) >= 11 is 12.4. The minimum atomic E-state index is -1.08. The van der Waals surface area contributed by atoms with Crippen LogP contribution in [-0.4, -0.2) is 91.7 Å². The van der Waals surface area contributed by atoms with Gasteiger partial charge in [0.1, 0.15) is 11.4 Å². The summed E-state index contributed by atoms with van der Waals surface area (Å²) in [5, 5.41) is 27.3. The van der Waals surface area contributed by atoms with Gasteiger partial charge in [-0.25, -0.2) is 43.5 Å². The van der Waals surface area contributed by atoms with E-state index in [2.05, 4.69) is 49.2 Å². The summed E-state index contributed by atoms with van der Waals surface area (Å²) in [5.41, 5.74) is 3.80. The predicted molar refractivity (Wildman–Crippen MR) is 270 cm³/mol. The van der Waals surface area contributed by atoms with E-state index in [9.17, 15) is 9.90 Å². The average molecular weight is 1020 g/mol. The Balaban J connectivity index is 0.000000147. The average Bonchev–Trinajstić information content (AvgIpc) is 4.15. The first-order valence-corrected chi connectivity index (χ1v) is 26.0. The number of benzene rings is 1. The van der Waals surface area contributed by atoms with Crippen molar-refractivity contribution in [3.63, 3.8) is 0 Å². The molecule has 3 N–H and O–H groups in total. The number of para-hydroxylation sites is 1. The molecule has 7 aromatic heterocycles. The molecule has 4 bridgehead atoms. The molecule has 6 aliphatic carbocycles. The van der Waals surface area contributed by atoms with Gasteiger partial charge in [0, 0.05) is 25.1 Å². The molecule has 0 radical (unpaired) electrons. The second-order valence-corrected chi connectivity index (χ2v) is 21.6. The van der Waals surface area contributed by atoms with Crippen molar-refractivity contribution in [1.29, 1.82) is 0 Å². The van der Waals surface area contributed by atoms with Gasteiger partial charge in [-0.05, 0) is 141 Å². The predicted octanol–water partition coefficient (Wildman–Crippen LogP) is 10.9. The maximum atomic E-state index is 16.3. The highest BCUT2D eigenvalue weighted by Gasteiger charge is 2.43. The quantitative estimate of drug-likeness (QED) is 0.124. The number of ether oxygens (including phenoxy) is 1. The largest absolute Gasteiger partial charge is 0.479 e. The Kier molecular flexibility index (Phi) is 12.4. The van der Waals surface area contributed by atoms with Crippen LogP contribution in [0.15, 0.2) is 61.1 Å². The molecular formula is C53H54Cl2F2N12O3. The van der Waals surface area contributed by atoms with Crippen molar-refractivity contribution < 1.29 is 23.4 Å². The standard InChI is InChI=1S/C28H26ClFN6.C25H28ClFN6O3/c1-15-16-6-8-17(9-7-16)20(15)13-22-24(30)28(36-11-10-18-4-2-3-5-23(18)36)33-27(32-22)25-21-12-19(29)14-31-26(21)35-34-25;1-12-13-2-4-14(5-3-13)16(12)9-18-20(27)24(33-6-7-36-19(11-33)25(34)35)30-23(29-18)21-17-8-15(26)10-28-22(17)32-31-21/h2-5,10-12,14-17,20H,6-9,13H2,1H3,(H,31,34,35);8,10,12-14,16,19H,2-7,9,11H2,1H3,(H,34,35)(H,28,31,32)/t15-,16?,17?,20+;12-,13?,14?,16+,19?/m00/s1. The lowest BCUT2D eigenvalue weighted by atomic mass is 9.58. The molecule has 72 heavy (non-hydrogen) atoms. The van der Waals surface area contributed by atoms with Gasteiger partial charge in [0.25, 0.3) is 0 Å². The van der Waals surface area contributed by atoms with Crippen LogP contribution in [0.4, 0.5) is 14.6 Å². The number of carbonyl (C=O) groups is 1. The molecule has 372 valence electrons. The molecule has 19 heteroatoms. The second-order valence-electron chi connectivity index (χ2n) is 20.7. The maximum Gasteiger partial charge on any atom is 0.334 e. The van der Waals surface area contributed by atoms with Crippen LogP contribution >= 0.6 is 23.2 Å². The summed E-state index contributed by atoms with van der Waals surface area (Å²) in [4.78, 5) is 40.6. The smallest absolute Gasteiger partial charge is 0.334 e. The fraction of sp³-hybridized carbons (Fsp3) is 0.453. The number of hydrogen-bond donors (Lipinski definition) is 3. The molecule has 7 aliphatic rings. The van der Waals surface area contributed by atoms with Crippen molar-refractivity contribution in [2.45, 2.75) is 84.2 Å². The number of morpholine rings is 1. The highest BCUT2D eigenvalue weighted by molar-refractivity contribution is 6.31. The second kappa shape index (κ2) is 19.0. The number of nitrogens with zero attached hydrogens (tertiary/aromatic N) is 10. The maximum absolute atomic E-state index is 16.3. The molecule has 0 amide bonds. The SMILES string of the molecule is C[C@H]1C2CCC(CC2)[C@@H]1Cc1nc(-c2[nH]nc3ncc(Cl)cc23)nc(-n2ccc3ccccc32)c1F.C[C@H]1C2CCC(CC2)[C@@H]1Cc1nc(-c2[nH]nc3ncc(Cl)cc23)nc(N2CCOC(C(=O)O)C2)c1F. The van der Waals surface area contributed by atoms with Crippen molar-refractivity contribution in [3.05, 3.63) is 94.1 Å². The van der Waals surface area contributed by atoms with E-state index in [1.807, 2.05) is 41.1 Å². The molecule has 7 fully saturated rings. The van der Waals surface area contributed by atoms with Crippen LogP contribution in [0.2, 0.25) is 10.0 Å². The molecule has 0 spiro atoms. The zero-order chi connectivity index (χ0) is 49.4. The Morgan fingerprint density at radius 2 is 1.24 bits per heavy atom. The van der Waals surface area contributed by atoms with Gasteiger partial charge in [0.2, 0.25) is 0 Å². The highest BCUT2D eigenvalue weighted by Crippen LogP contribution is 2.51. The Morgan fingerprint density at radius 3 is 1.78 bits per heavy atom. The topological polar surface area (TPSA) is 189 Å². The van der Waals surface area contributed by atoms with E-state index in [1.54, 1.807) is 23.2 Å². The number of anilines is 1. The molecule has 5 atom stereocenters. The molecule has 8 aromatic rings. The van der Waals surface area contributed by atoms with Crippen molar-refractivity contribution in [2.75, 3.05) is 24.6 Å². The number of fused-ring (bicyclic) bond motifs is 9. The lowest BCUT2D eigenvalue weighted by Crippen LogP contribution is -2.47. The Labute approximate surface area is 423 Å². The minimum Gasteiger partial charge on any atom is -0.479 e. The summed E-state index contributed by atoms with van der Waals surface area (Å²) in [6, 6.07) is 13.4. The zero-order valence-corrected chi connectivity index (χ0v) is 41.4. The van der Waals surface area contributed by atoms with Crippen molar-refractivity contribution in [1.82, 2.24) is 54.9 Å². The highest BCUT2D eigenvalue weighted by atomic mass is 35.5. The third kappa shape index (κ3) is 8.53. The van der Waals surface area contributed by atoms with Gasteiger partial charge in [-0.3, -0.25) is 14.8 Å². The Morgan fingerprint density at radius 1 is 0.722 bits per heavy atom. The molecular weight excluding hydrogens is 962 g/mol. The first-order valence-electron chi connectivity index (χ1n) is 25.2. The van der Waals surface area contributed by atoms with E-state index in [-0.39, 0.29) is 30.6 Å². The molecule has 1 aromatic carbocycles. The molecule has 8 heterocycles. The van der Waals surface area contributed by atoms with Gasteiger partial charge >= 0.3 is 5.97 Å². The molecule has 15 rings (SSSR count). The first-order chi connectivity index (χ1) is 34.9. The Bertz CT molecular complexity index is 3340.